The van der Waals surface area contributed by atoms with Crippen LogP contribution < -0.4 is 5.73 Å². The van der Waals surface area contributed by atoms with E-state index in [1.54, 1.807) is 10.7 Å². The third kappa shape index (κ3) is 3.17. The Morgan fingerprint density at radius 1 is 1.05 bits per heavy atom. The van der Waals surface area contributed by atoms with E-state index in [2.05, 4.69) is 5.10 Å². The number of hydrogen-bond acceptors (Lipinski definition) is 2. The molecule has 0 fully saturated rings. The second-order valence-electron chi connectivity index (χ2n) is 4.98. The van der Waals surface area contributed by atoms with E-state index in [9.17, 15) is 4.39 Å². The van der Waals surface area contributed by atoms with Crippen molar-refractivity contribution in [1.29, 1.82) is 0 Å². The number of rotatable bonds is 4. The molecule has 106 valence electrons. The van der Waals surface area contributed by atoms with Gasteiger partial charge in [0.2, 0.25) is 0 Å². The van der Waals surface area contributed by atoms with Gasteiger partial charge in [-0.2, -0.15) is 5.10 Å². The maximum atomic E-state index is 13.2. The lowest BCUT2D eigenvalue weighted by molar-refractivity contribution is 0.524. The summed E-state index contributed by atoms with van der Waals surface area (Å²) in [5, 5.41) is 4.32. The van der Waals surface area contributed by atoms with Gasteiger partial charge in [-0.3, -0.25) is 4.68 Å². The van der Waals surface area contributed by atoms with Gasteiger partial charge in [0, 0.05) is 17.8 Å². The standard InChI is InChI=1S/C17H16FN3/c18-16-8-4-7-14(9-16)17(19)12-21-11-15(10-20-21)13-5-2-1-3-6-13/h1-11,17H,12,19H2. The zero-order valence-corrected chi connectivity index (χ0v) is 11.5. The summed E-state index contributed by atoms with van der Waals surface area (Å²) in [6.07, 6.45) is 3.77. The molecule has 3 rings (SSSR count). The van der Waals surface area contributed by atoms with Crippen LogP contribution in [0.3, 0.4) is 0 Å². The monoisotopic (exact) mass is 281 g/mol. The minimum Gasteiger partial charge on any atom is -0.322 e. The lowest BCUT2D eigenvalue weighted by atomic mass is 10.1. The molecule has 0 aliphatic rings. The molecule has 0 saturated carbocycles. The van der Waals surface area contributed by atoms with E-state index in [1.165, 1.54) is 12.1 Å². The predicted molar refractivity (Wildman–Crippen MR) is 81.0 cm³/mol. The molecule has 0 amide bonds. The maximum Gasteiger partial charge on any atom is 0.123 e. The molecule has 1 atom stereocenters. The van der Waals surface area contributed by atoms with Crippen molar-refractivity contribution in [1.82, 2.24) is 9.78 Å². The molecule has 0 saturated heterocycles. The van der Waals surface area contributed by atoms with Crippen molar-refractivity contribution in [3.05, 3.63) is 78.4 Å². The molecule has 21 heavy (non-hydrogen) atoms. The van der Waals surface area contributed by atoms with Gasteiger partial charge in [0.25, 0.3) is 0 Å². The number of nitrogens with two attached hydrogens (primary N) is 1. The van der Waals surface area contributed by atoms with Crippen molar-refractivity contribution < 1.29 is 4.39 Å². The van der Waals surface area contributed by atoms with Gasteiger partial charge >= 0.3 is 0 Å². The lowest BCUT2D eigenvalue weighted by Gasteiger charge is -2.12. The van der Waals surface area contributed by atoms with Crippen LogP contribution in [-0.2, 0) is 6.54 Å². The highest BCUT2D eigenvalue weighted by Gasteiger charge is 2.09. The van der Waals surface area contributed by atoms with E-state index < -0.39 is 0 Å². The average Bonchev–Trinajstić information content (AvgIpc) is 2.97. The molecule has 0 bridgehead atoms. The van der Waals surface area contributed by atoms with Crippen LogP contribution in [-0.4, -0.2) is 9.78 Å². The molecule has 0 aliphatic carbocycles. The Balaban J connectivity index is 1.75. The van der Waals surface area contributed by atoms with Crippen molar-refractivity contribution in [3.63, 3.8) is 0 Å². The van der Waals surface area contributed by atoms with Crippen molar-refractivity contribution >= 4 is 0 Å². The highest BCUT2D eigenvalue weighted by Crippen LogP contribution is 2.19. The second-order valence-corrected chi connectivity index (χ2v) is 4.98. The van der Waals surface area contributed by atoms with Gasteiger partial charge in [-0.15, -0.1) is 0 Å². The van der Waals surface area contributed by atoms with Crippen molar-refractivity contribution in [3.8, 4) is 11.1 Å². The maximum absolute atomic E-state index is 13.2. The SMILES string of the molecule is NC(Cn1cc(-c2ccccc2)cn1)c1cccc(F)c1. The molecule has 0 spiro atoms. The molecule has 3 aromatic rings. The van der Waals surface area contributed by atoms with Crippen molar-refractivity contribution in [2.75, 3.05) is 0 Å². The Morgan fingerprint density at radius 3 is 2.62 bits per heavy atom. The summed E-state index contributed by atoms with van der Waals surface area (Å²) in [5.74, 6) is -0.270. The van der Waals surface area contributed by atoms with Crippen molar-refractivity contribution in [2.45, 2.75) is 12.6 Å². The smallest absolute Gasteiger partial charge is 0.123 e. The zero-order valence-electron chi connectivity index (χ0n) is 11.5. The first-order valence-corrected chi connectivity index (χ1v) is 6.81. The van der Waals surface area contributed by atoms with E-state index in [-0.39, 0.29) is 11.9 Å². The number of halogens is 1. The second kappa shape index (κ2) is 5.89. The first kappa shape index (κ1) is 13.5. The highest BCUT2D eigenvalue weighted by molar-refractivity contribution is 5.61. The van der Waals surface area contributed by atoms with Crippen LogP contribution in [0, 0.1) is 5.82 Å². The van der Waals surface area contributed by atoms with Crippen LogP contribution in [0.5, 0.6) is 0 Å². The number of aromatic nitrogens is 2. The molecule has 0 radical (unpaired) electrons. The Bertz CT molecular complexity index is 722. The van der Waals surface area contributed by atoms with E-state index in [0.29, 0.717) is 6.54 Å². The third-order valence-electron chi connectivity index (χ3n) is 3.40. The molecule has 1 aromatic heterocycles. The van der Waals surface area contributed by atoms with Gasteiger partial charge in [0.1, 0.15) is 5.82 Å². The minimum absolute atomic E-state index is 0.270. The van der Waals surface area contributed by atoms with Crippen LogP contribution in [0.15, 0.2) is 67.0 Å². The lowest BCUT2D eigenvalue weighted by Crippen LogP contribution is -2.18. The van der Waals surface area contributed by atoms with Crippen LogP contribution in [0.1, 0.15) is 11.6 Å². The van der Waals surface area contributed by atoms with E-state index >= 15 is 0 Å². The summed E-state index contributed by atoms with van der Waals surface area (Å²) >= 11 is 0. The summed E-state index contributed by atoms with van der Waals surface area (Å²) in [5.41, 5.74) is 9.04. The van der Waals surface area contributed by atoms with Gasteiger partial charge in [-0.05, 0) is 23.3 Å². The summed E-state index contributed by atoms with van der Waals surface area (Å²) in [4.78, 5) is 0. The van der Waals surface area contributed by atoms with E-state index in [0.717, 1.165) is 16.7 Å². The molecule has 2 aromatic carbocycles. The van der Waals surface area contributed by atoms with Crippen LogP contribution in [0.2, 0.25) is 0 Å². The van der Waals surface area contributed by atoms with Gasteiger partial charge in [0.15, 0.2) is 0 Å². The molecule has 4 heteroatoms. The summed E-state index contributed by atoms with van der Waals surface area (Å²) < 4.78 is 15.0. The molecule has 3 nitrogen and oxygen atoms in total. The minimum atomic E-state index is -0.288. The molecular weight excluding hydrogens is 265 g/mol. The number of hydrogen-bond donors (Lipinski definition) is 1. The van der Waals surface area contributed by atoms with Gasteiger partial charge < -0.3 is 5.73 Å². The van der Waals surface area contributed by atoms with Crippen LogP contribution in [0.4, 0.5) is 4.39 Å². The Kier molecular flexibility index (Phi) is 3.79. The number of nitrogens with zero attached hydrogens (tertiary/aromatic N) is 2. The Hall–Kier alpha value is -2.46. The molecular formula is C17H16FN3. The van der Waals surface area contributed by atoms with Gasteiger partial charge in [0.05, 0.1) is 12.7 Å². The van der Waals surface area contributed by atoms with Gasteiger partial charge in [-0.1, -0.05) is 42.5 Å². The summed E-state index contributed by atoms with van der Waals surface area (Å²) in [6.45, 7) is 0.510. The van der Waals surface area contributed by atoms with E-state index in [1.807, 2.05) is 48.8 Å². The fraction of sp³-hybridized carbons (Fsp3) is 0.118. The first-order chi connectivity index (χ1) is 10.2. The molecule has 1 heterocycles. The average molecular weight is 281 g/mol. The first-order valence-electron chi connectivity index (χ1n) is 6.81. The molecule has 1 unspecified atom stereocenters. The molecule has 2 N–H and O–H groups in total. The summed E-state index contributed by atoms with van der Waals surface area (Å²) in [7, 11) is 0. The predicted octanol–water partition coefficient (Wildman–Crippen LogP) is 3.39. The normalized spacial score (nSPS) is 12.3. The summed E-state index contributed by atoms with van der Waals surface area (Å²) in [6, 6.07) is 16.1. The number of benzene rings is 2. The van der Waals surface area contributed by atoms with Crippen LogP contribution >= 0.6 is 0 Å². The molecule has 0 aliphatic heterocycles. The van der Waals surface area contributed by atoms with E-state index in [4.69, 9.17) is 5.73 Å². The Morgan fingerprint density at radius 2 is 1.86 bits per heavy atom. The fourth-order valence-electron chi connectivity index (χ4n) is 2.29. The quantitative estimate of drug-likeness (QED) is 0.796. The topological polar surface area (TPSA) is 43.8 Å². The van der Waals surface area contributed by atoms with Gasteiger partial charge in [-0.25, -0.2) is 4.39 Å². The third-order valence-corrected chi connectivity index (χ3v) is 3.40. The fourth-order valence-corrected chi connectivity index (χ4v) is 2.29. The van der Waals surface area contributed by atoms with Crippen LogP contribution in [0.25, 0.3) is 11.1 Å². The zero-order chi connectivity index (χ0) is 14.7. The largest absolute Gasteiger partial charge is 0.322 e. The van der Waals surface area contributed by atoms with Crippen molar-refractivity contribution in [2.24, 2.45) is 5.73 Å². The highest BCUT2D eigenvalue weighted by atomic mass is 19.1. The Labute approximate surface area is 122 Å².